The van der Waals surface area contributed by atoms with Gasteiger partial charge in [0.25, 0.3) is 5.19 Å². The van der Waals surface area contributed by atoms with Crippen molar-refractivity contribution in [2.75, 3.05) is 0 Å². The molecule has 0 aliphatic heterocycles. The van der Waals surface area contributed by atoms with Crippen molar-refractivity contribution in [3.63, 3.8) is 0 Å². The fourth-order valence-electron chi connectivity index (χ4n) is 0.957. The highest BCUT2D eigenvalue weighted by molar-refractivity contribution is 7.71. The highest BCUT2D eigenvalue weighted by Gasteiger charge is 2.00. The van der Waals surface area contributed by atoms with Crippen molar-refractivity contribution >= 4 is 35.4 Å². The van der Waals surface area contributed by atoms with Gasteiger partial charge in [-0.15, -0.1) is 0 Å². The first-order valence-electron chi connectivity index (χ1n) is 4.02. The van der Waals surface area contributed by atoms with Crippen LogP contribution in [0.25, 0.3) is 0 Å². The molecule has 0 bridgehead atoms. The summed E-state index contributed by atoms with van der Waals surface area (Å²) in [5.41, 5.74) is 0.892. The first-order chi connectivity index (χ1) is 7.24. The van der Waals surface area contributed by atoms with Crippen LogP contribution in [0.15, 0.2) is 18.5 Å². The number of aromatic nitrogens is 3. The summed E-state index contributed by atoms with van der Waals surface area (Å²) in [5.74, 6) is 0. The second-order valence-corrected chi connectivity index (χ2v) is 4.27. The molecule has 0 aromatic carbocycles. The van der Waals surface area contributed by atoms with Crippen LogP contribution in [0, 0.1) is 4.77 Å². The summed E-state index contributed by atoms with van der Waals surface area (Å²) >= 11 is 11.8. The molecule has 0 radical (unpaired) electrons. The fraction of sp³-hybridized carbons (Fsp3) is 0.125. The maximum absolute atomic E-state index is 5.78. The monoisotopic (exact) mass is 259 g/mol. The molecule has 0 aliphatic rings. The standard InChI is InChI=1S/C8H6ClN3OS2/c9-6-1-5(2-10-3-6)4-13-8-11-7(14)12-15-8/h1-3H,4H2,(H,12,14). The van der Waals surface area contributed by atoms with Gasteiger partial charge in [0.2, 0.25) is 4.77 Å². The molecule has 0 amide bonds. The van der Waals surface area contributed by atoms with Gasteiger partial charge in [0, 0.05) is 18.0 Å². The Labute approximate surface area is 100 Å². The Morgan fingerprint density at radius 3 is 3.07 bits per heavy atom. The topological polar surface area (TPSA) is 50.8 Å². The van der Waals surface area contributed by atoms with Gasteiger partial charge in [-0.1, -0.05) is 11.6 Å². The molecule has 7 heteroatoms. The van der Waals surface area contributed by atoms with Crippen LogP contribution >= 0.6 is 35.4 Å². The number of hydrogen-bond donors (Lipinski definition) is 1. The highest BCUT2D eigenvalue weighted by Crippen LogP contribution is 2.15. The fourth-order valence-corrected chi connectivity index (χ4v) is 1.89. The van der Waals surface area contributed by atoms with Gasteiger partial charge in [-0.2, -0.15) is 4.98 Å². The third-order valence-corrected chi connectivity index (χ3v) is 2.75. The molecular weight excluding hydrogens is 254 g/mol. The van der Waals surface area contributed by atoms with Crippen molar-refractivity contribution < 1.29 is 4.74 Å². The number of hydrogen-bond acceptors (Lipinski definition) is 5. The number of H-pyrrole nitrogens is 1. The van der Waals surface area contributed by atoms with E-state index in [4.69, 9.17) is 28.6 Å². The van der Waals surface area contributed by atoms with E-state index in [9.17, 15) is 0 Å². The molecular formula is C8H6ClN3OS2. The Balaban J connectivity index is 2.02. The van der Waals surface area contributed by atoms with E-state index in [1.54, 1.807) is 18.5 Å². The predicted octanol–water partition coefficient (Wildman–Crippen LogP) is 2.83. The van der Waals surface area contributed by atoms with Crippen LogP contribution in [-0.4, -0.2) is 14.3 Å². The van der Waals surface area contributed by atoms with E-state index in [0.717, 1.165) is 5.56 Å². The van der Waals surface area contributed by atoms with Crippen molar-refractivity contribution in [1.29, 1.82) is 0 Å². The van der Waals surface area contributed by atoms with E-state index in [2.05, 4.69) is 14.3 Å². The molecule has 2 aromatic heterocycles. The van der Waals surface area contributed by atoms with E-state index >= 15 is 0 Å². The van der Waals surface area contributed by atoms with Crippen molar-refractivity contribution in [3.05, 3.63) is 33.8 Å². The second-order valence-electron chi connectivity index (χ2n) is 2.69. The van der Waals surface area contributed by atoms with Crippen LogP contribution in [0.2, 0.25) is 5.02 Å². The van der Waals surface area contributed by atoms with E-state index in [1.807, 2.05) is 0 Å². The van der Waals surface area contributed by atoms with Gasteiger partial charge in [-0.3, -0.25) is 9.36 Å². The molecule has 0 fully saturated rings. The number of pyridine rings is 1. The smallest absolute Gasteiger partial charge is 0.292 e. The molecule has 0 atom stereocenters. The molecule has 2 aromatic rings. The number of ether oxygens (including phenoxy) is 1. The molecule has 2 heterocycles. The van der Waals surface area contributed by atoms with Gasteiger partial charge in [0.05, 0.1) is 5.02 Å². The Bertz CT molecular complexity index is 510. The Hall–Kier alpha value is -0.980. The minimum atomic E-state index is 0.379. The Morgan fingerprint density at radius 2 is 2.40 bits per heavy atom. The minimum absolute atomic E-state index is 0.379. The maximum atomic E-state index is 5.78. The summed E-state index contributed by atoms with van der Waals surface area (Å²) in [4.78, 5) is 7.89. The van der Waals surface area contributed by atoms with E-state index in [1.165, 1.54) is 11.5 Å². The van der Waals surface area contributed by atoms with Gasteiger partial charge in [-0.25, -0.2) is 0 Å². The lowest BCUT2D eigenvalue weighted by Crippen LogP contribution is -1.95. The summed E-state index contributed by atoms with van der Waals surface area (Å²) in [7, 11) is 0. The number of aromatic amines is 1. The van der Waals surface area contributed by atoms with Crippen molar-refractivity contribution in [1.82, 2.24) is 14.3 Å². The van der Waals surface area contributed by atoms with Crippen molar-refractivity contribution in [2.45, 2.75) is 6.61 Å². The van der Waals surface area contributed by atoms with Crippen LogP contribution < -0.4 is 4.74 Å². The normalized spacial score (nSPS) is 10.2. The van der Waals surface area contributed by atoms with Gasteiger partial charge >= 0.3 is 0 Å². The molecule has 2 rings (SSSR count). The van der Waals surface area contributed by atoms with Gasteiger partial charge in [0.1, 0.15) is 6.61 Å². The number of halogens is 1. The summed E-state index contributed by atoms with van der Waals surface area (Å²) in [5, 5.41) is 1.10. The first kappa shape index (κ1) is 10.5. The summed E-state index contributed by atoms with van der Waals surface area (Å²) < 4.78 is 8.60. The summed E-state index contributed by atoms with van der Waals surface area (Å²) in [6, 6.07) is 1.79. The van der Waals surface area contributed by atoms with Gasteiger partial charge < -0.3 is 4.74 Å². The van der Waals surface area contributed by atoms with Crippen molar-refractivity contribution in [3.8, 4) is 5.19 Å². The van der Waals surface area contributed by atoms with E-state index in [-0.39, 0.29) is 0 Å². The zero-order valence-corrected chi connectivity index (χ0v) is 9.83. The zero-order chi connectivity index (χ0) is 10.7. The molecule has 0 aliphatic carbocycles. The van der Waals surface area contributed by atoms with E-state index in [0.29, 0.717) is 21.6 Å². The molecule has 4 nitrogen and oxygen atoms in total. The number of nitrogens with one attached hydrogen (secondary N) is 1. The summed E-state index contributed by atoms with van der Waals surface area (Å²) in [6.45, 7) is 0.379. The minimum Gasteiger partial charge on any atom is -0.464 e. The number of nitrogens with zero attached hydrogens (tertiary/aromatic N) is 2. The van der Waals surface area contributed by atoms with Crippen molar-refractivity contribution in [2.24, 2.45) is 0 Å². The molecule has 1 N–H and O–H groups in total. The lowest BCUT2D eigenvalue weighted by Gasteiger charge is -2.01. The lowest BCUT2D eigenvalue weighted by molar-refractivity contribution is 0.304. The quantitative estimate of drug-likeness (QED) is 0.862. The summed E-state index contributed by atoms with van der Waals surface area (Å²) in [6.07, 6.45) is 3.27. The van der Waals surface area contributed by atoms with Crippen LogP contribution in [0.1, 0.15) is 5.56 Å². The molecule has 0 unspecified atom stereocenters. The second kappa shape index (κ2) is 4.69. The van der Waals surface area contributed by atoms with Crippen LogP contribution in [-0.2, 0) is 6.61 Å². The average molecular weight is 260 g/mol. The number of rotatable bonds is 3. The largest absolute Gasteiger partial charge is 0.464 e. The predicted molar refractivity (Wildman–Crippen MR) is 60.9 cm³/mol. The maximum Gasteiger partial charge on any atom is 0.292 e. The third-order valence-electron chi connectivity index (χ3n) is 1.54. The zero-order valence-electron chi connectivity index (χ0n) is 7.44. The Morgan fingerprint density at radius 1 is 1.53 bits per heavy atom. The lowest BCUT2D eigenvalue weighted by atomic mass is 10.3. The molecule has 0 spiro atoms. The van der Waals surface area contributed by atoms with E-state index < -0.39 is 0 Å². The van der Waals surface area contributed by atoms with Crippen LogP contribution in [0.4, 0.5) is 0 Å². The molecule has 15 heavy (non-hydrogen) atoms. The first-order valence-corrected chi connectivity index (χ1v) is 5.62. The molecule has 0 saturated carbocycles. The Kier molecular flexibility index (Phi) is 3.30. The average Bonchev–Trinajstić information content (AvgIpc) is 2.62. The SMILES string of the molecule is S=c1nc(OCc2cncc(Cl)c2)s[nH]1. The highest BCUT2D eigenvalue weighted by atomic mass is 35.5. The molecule has 0 saturated heterocycles. The van der Waals surface area contributed by atoms with Gasteiger partial charge in [0.15, 0.2) is 0 Å². The third kappa shape index (κ3) is 2.98. The van der Waals surface area contributed by atoms with Crippen LogP contribution in [0.5, 0.6) is 5.19 Å². The van der Waals surface area contributed by atoms with Gasteiger partial charge in [-0.05, 0) is 29.8 Å². The van der Waals surface area contributed by atoms with Crippen LogP contribution in [0.3, 0.4) is 0 Å². The molecule has 78 valence electrons.